The average molecular weight is 363 g/mol. The highest BCUT2D eigenvalue weighted by Crippen LogP contribution is 2.27. The number of ether oxygens (including phenoxy) is 1. The van der Waals surface area contributed by atoms with E-state index < -0.39 is 0 Å². The lowest BCUT2D eigenvalue weighted by molar-refractivity contribution is -0.117. The summed E-state index contributed by atoms with van der Waals surface area (Å²) in [6, 6.07) is 13.2. The van der Waals surface area contributed by atoms with E-state index in [2.05, 4.69) is 15.3 Å². The quantitative estimate of drug-likeness (QED) is 0.534. The van der Waals surface area contributed by atoms with Gasteiger partial charge in [0, 0.05) is 31.4 Å². The number of hydrogen-bond donors (Lipinski definition) is 1. The maximum absolute atomic E-state index is 12.1. The predicted molar refractivity (Wildman–Crippen MR) is 106 cm³/mol. The molecule has 1 aromatic heterocycles. The van der Waals surface area contributed by atoms with Gasteiger partial charge < -0.3 is 14.5 Å². The minimum atomic E-state index is -0.153. The van der Waals surface area contributed by atoms with Gasteiger partial charge in [0.1, 0.15) is 11.3 Å². The average Bonchev–Trinajstić information content (AvgIpc) is 3.13. The number of aromatic nitrogens is 1. The second-order valence-corrected chi connectivity index (χ2v) is 5.86. The monoisotopic (exact) mass is 363 g/mol. The molecule has 0 bridgehead atoms. The van der Waals surface area contributed by atoms with Crippen LogP contribution in [0.5, 0.6) is 5.75 Å². The van der Waals surface area contributed by atoms with Gasteiger partial charge in [-0.05, 0) is 36.8 Å². The van der Waals surface area contributed by atoms with Gasteiger partial charge in [0.15, 0.2) is 5.58 Å². The lowest BCUT2D eigenvalue weighted by atomic mass is 10.1. The Morgan fingerprint density at radius 2 is 2.04 bits per heavy atom. The van der Waals surface area contributed by atoms with Crippen molar-refractivity contribution in [1.29, 1.82) is 0 Å². The molecule has 1 amide bonds. The van der Waals surface area contributed by atoms with Gasteiger partial charge in [0.25, 0.3) is 5.91 Å². The molecule has 2 aromatic carbocycles. The van der Waals surface area contributed by atoms with E-state index in [4.69, 9.17) is 9.15 Å². The van der Waals surface area contributed by atoms with Crippen LogP contribution < -0.4 is 10.1 Å². The van der Waals surface area contributed by atoms with E-state index in [9.17, 15) is 4.79 Å². The first-order valence-electron chi connectivity index (χ1n) is 8.55. The van der Waals surface area contributed by atoms with Crippen molar-refractivity contribution < 1.29 is 13.9 Å². The first kappa shape index (κ1) is 18.4. The number of fused-ring (bicyclic) bond motifs is 1. The molecular formula is C21H21N3O3. The van der Waals surface area contributed by atoms with Gasteiger partial charge in [-0.1, -0.05) is 18.2 Å². The summed E-state index contributed by atoms with van der Waals surface area (Å²) in [6.07, 6.45) is 3.27. The fourth-order valence-corrected chi connectivity index (χ4v) is 2.61. The summed E-state index contributed by atoms with van der Waals surface area (Å²) in [4.78, 5) is 20.5. The van der Waals surface area contributed by atoms with Crippen molar-refractivity contribution in [2.45, 2.75) is 13.5 Å². The van der Waals surface area contributed by atoms with Crippen molar-refractivity contribution in [3.05, 3.63) is 59.7 Å². The number of hydrogen-bond acceptors (Lipinski definition) is 5. The van der Waals surface area contributed by atoms with Crippen LogP contribution in [-0.4, -0.2) is 31.3 Å². The molecule has 1 N–H and O–H groups in total. The Kier molecular flexibility index (Phi) is 5.66. The molecule has 0 radical (unpaired) electrons. The predicted octanol–water partition coefficient (Wildman–Crippen LogP) is 3.77. The first-order valence-corrected chi connectivity index (χ1v) is 8.55. The summed E-state index contributed by atoms with van der Waals surface area (Å²) < 4.78 is 11.0. The van der Waals surface area contributed by atoms with Gasteiger partial charge in [0.2, 0.25) is 5.89 Å². The number of aliphatic imine (C=N–C) groups is 1. The van der Waals surface area contributed by atoms with Crippen LogP contribution in [0, 0.1) is 0 Å². The van der Waals surface area contributed by atoms with Crippen molar-refractivity contribution in [2.75, 3.05) is 14.2 Å². The molecule has 0 spiro atoms. The Bertz CT molecular complexity index is 1000. The minimum absolute atomic E-state index is 0.153. The molecule has 138 valence electrons. The molecule has 0 aliphatic rings. The summed E-state index contributed by atoms with van der Waals surface area (Å²) in [5, 5.41) is 2.88. The number of rotatable bonds is 6. The maximum atomic E-state index is 12.1. The molecule has 0 atom stereocenters. The fraction of sp³-hybridized carbons (Fsp3) is 0.190. The molecule has 0 unspecified atom stereocenters. The van der Waals surface area contributed by atoms with Crippen molar-refractivity contribution >= 4 is 23.2 Å². The van der Waals surface area contributed by atoms with Crippen molar-refractivity contribution in [1.82, 2.24) is 10.3 Å². The van der Waals surface area contributed by atoms with Crippen molar-refractivity contribution in [3.8, 4) is 17.2 Å². The van der Waals surface area contributed by atoms with Crippen LogP contribution in [-0.2, 0) is 11.3 Å². The molecule has 0 aliphatic heterocycles. The summed E-state index contributed by atoms with van der Waals surface area (Å²) in [6.45, 7) is 2.24. The van der Waals surface area contributed by atoms with Gasteiger partial charge >= 0.3 is 0 Å². The second-order valence-electron chi connectivity index (χ2n) is 5.86. The Balaban J connectivity index is 1.71. The number of oxazole rings is 1. The molecule has 3 aromatic rings. The van der Waals surface area contributed by atoms with Crippen LogP contribution in [0.25, 0.3) is 22.6 Å². The largest absolute Gasteiger partial charge is 0.497 e. The standard InChI is InChI=1S/C21H21N3O3/c1-4-15(13-22-2)20(25)23-12-14-5-7-16(8-6-14)21-24-18-11-17(26-3)9-10-19(18)27-21/h4-11,13H,12H2,1-3H3,(H,23,25)/b15-4+,22-13?. The number of carbonyl (C=O) groups is 1. The van der Waals surface area contributed by atoms with Crippen LogP contribution >= 0.6 is 0 Å². The Morgan fingerprint density at radius 1 is 1.26 bits per heavy atom. The van der Waals surface area contributed by atoms with E-state index in [0.717, 1.165) is 22.4 Å². The van der Waals surface area contributed by atoms with Crippen LogP contribution in [0.15, 0.2) is 63.5 Å². The molecule has 0 saturated heterocycles. The number of amides is 1. The summed E-state index contributed by atoms with van der Waals surface area (Å²) >= 11 is 0. The lowest BCUT2D eigenvalue weighted by Crippen LogP contribution is -2.25. The summed E-state index contributed by atoms with van der Waals surface area (Å²) in [5.41, 5.74) is 3.84. The van der Waals surface area contributed by atoms with E-state index in [1.807, 2.05) is 42.5 Å². The van der Waals surface area contributed by atoms with E-state index in [0.29, 0.717) is 23.6 Å². The molecule has 27 heavy (non-hydrogen) atoms. The number of allylic oxidation sites excluding steroid dienone is 1. The van der Waals surface area contributed by atoms with Crippen LogP contribution in [0.3, 0.4) is 0 Å². The van der Waals surface area contributed by atoms with Gasteiger partial charge in [-0.2, -0.15) is 0 Å². The molecule has 6 nitrogen and oxygen atoms in total. The number of nitrogens with one attached hydrogen (secondary N) is 1. The lowest BCUT2D eigenvalue weighted by Gasteiger charge is -2.06. The molecule has 0 fully saturated rings. The zero-order chi connectivity index (χ0) is 19.2. The zero-order valence-electron chi connectivity index (χ0n) is 15.5. The number of benzene rings is 2. The SMILES string of the molecule is C/C=C(\C=NC)C(=O)NCc1ccc(-c2nc3cc(OC)ccc3o2)cc1. The molecule has 0 aliphatic carbocycles. The molecule has 1 heterocycles. The number of methoxy groups -OCH3 is 1. The molecule has 0 saturated carbocycles. The third-order valence-corrected chi connectivity index (χ3v) is 4.09. The number of carbonyl (C=O) groups excluding carboxylic acids is 1. The zero-order valence-corrected chi connectivity index (χ0v) is 15.5. The highest BCUT2D eigenvalue weighted by Gasteiger charge is 2.10. The van der Waals surface area contributed by atoms with Gasteiger partial charge in [-0.3, -0.25) is 9.79 Å². The summed E-state index contributed by atoms with van der Waals surface area (Å²) in [5.74, 6) is 1.13. The Morgan fingerprint density at radius 3 is 2.70 bits per heavy atom. The fourth-order valence-electron chi connectivity index (χ4n) is 2.61. The Hall–Kier alpha value is -3.41. The number of nitrogens with zero attached hydrogens (tertiary/aromatic N) is 2. The second kappa shape index (κ2) is 8.31. The van der Waals surface area contributed by atoms with Crippen LogP contribution in [0.2, 0.25) is 0 Å². The minimum Gasteiger partial charge on any atom is -0.497 e. The van der Waals surface area contributed by atoms with Gasteiger partial charge in [-0.25, -0.2) is 4.98 Å². The van der Waals surface area contributed by atoms with Gasteiger partial charge in [0.05, 0.1) is 12.7 Å². The van der Waals surface area contributed by atoms with E-state index in [-0.39, 0.29) is 5.91 Å². The van der Waals surface area contributed by atoms with E-state index in [1.54, 1.807) is 33.4 Å². The third-order valence-electron chi connectivity index (χ3n) is 4.09. The van der Waals surface area contributed by atoms with E-state index >= 15 is 0 Å². The molecule has 3 rings (SSSR count). The van der Waals surface area contributed by atoms with Crippen molar-refractivity contribution in [3.63, 3.8) is 0 Å². The third kappa shape index (κ3) is 4.23. The normalized spacial score (nSPS) is 11.9. The van der Waals surface area contributed by atoms with E-state index in [1.165, 1.54) is 0 Å². The van der Waals surface area contributed by atoms with Crippen molar-refractivity contribution in [2.24, 2.45) is 4.99 Å². The highest BCUT2D eigenvalue weighted by molar-refractivity contribution is 6.11. The van der Waals surface area contributed by atoms with Crippen LogP contribution in [0.4, 0.5) is 0 Å². The summed E-state index contributed by atoms with van der Waals surface area (Å²) in [7, 11) is 3.26. The Labute approximate surface area is 157 Å². The smallest absolute Gasteiger partial charge is 0.252 e. The highest BCUT2D eigenvalue weighted by atomic mass is 16.5. The molecular weight excluding hydrogens is 342 g/mol. The molecule has 6 heteroatoms. The van der Waals surface area contributed by atoms with Crippen LogP contribution in [0.1, 0.15) is 12.5 Å². The topological polar surface area (TPSA) is 76.7 Å². The first-order chi connectivity index (χ1) is 13.1. The maximum Gasteiger partial charge on any atom is 0.252 e. The van der Waals surface area contributed by atoms with Gasteiger partial charge in [-0.15, -0.1) is 0 Å².